The molecule has 0 bridgehead atoms. The Morgan fingerprint density at radius 1 is 1.50 bits per heavy atom. The molecule has 0 aliphatic carbocycles. The third kappa shape index (κ3) is 5.94. The predicted octanol–water partition coefficient (Wildman–Crippen LogP) is 2.32. The van der Waals surface area contributed by atoms with Crippen LogP contribution in [-0.2, 0) is 0 Å². The minimum Gasteiger partial charge on any atom is -0.216 e. The SMILES string of the molecule is [CH2]CCCC[SiH2]C(F)=CF. The lowest BCUT2D eigenvalue weighted by Gasteiger charge is -1.93. The molecule has 0 nitrogen and oxygen atoms in total. The second kappa shape index (κ2) is 6.93. The van der Waals surface area contributed by atoms with Gasteiger partial charge in [0.05, 0.1) is 9.52 Å². The predicted molar refractivity (Wildman–Crippen MR) is 42.9 cm³/mol. The summed E-state index contributed by atoms with van der Waals surface area (Å²) in [5.41, 5.74) is -0.510. The van der Waals surface area contributed by atoms with Crippen LogP contribution in [0.25, 0.3) is 0 Å². The van der Waals surface area contributed by atoms with Gasteiger partial charge in [0.15, 0.2) is 0 Å². The van der Waals surface area contributed by atoms with Crippen molar-refractivity contribution >= 4 is 9.52 Å². The van der Waals surface area contributed by atoms with E-state index in [1.807, 2.05) is 0 Å². The molecular weight excluding hydrogens is 150 g/mol. The van der Waals surface area contributed by atoms with Crippen LogP contribution in [0.1, 0.15) is 19.3 Å². The van der Waals surface area contributed by atoms with Crippen molar-refractivity contribution in [3.05, 3.63) is 18.7 Å². The fourth-order valence-corrected chi connectivity index (χ4v) is 1.75. The first-order valence-corrected chi connectivity index (χ1v) is 5.26. The van der Waals surface area contributed by atoms with Crippen LogP contribution < -0.4 is 0 Å². The fraction of sp³-hybridized carbons (Fsp3) is 0.571. The highest BCUT2D eigenvalue weighted by Crippen LogP contribution is 2.03. The van der Waals surface area contributed by atoms with Gasteiger partial charge in [0.2, 0.25) is 0 Å². The largest absolute Gasteiger partial charge is 0.216 e. The van der Waals surface area contributed by atoms with Crippen molar-refractivity contribution in [1.82, 2.24) is 0 Å². The smallest absolute Gasteiger partial charge is 0.113 e. The Hall–Kier alpha value is -0.183. The Balaban J connectivity index is 3.04. The van der Waals surface area contributed by atoms with Gasteiger partial charge in [-0.25, -0.2) is 8.78 Å². The normalized spacial score (nSPS) is 13.3. The first kappa shape index (κ1) is 9.82. The molecule has 0 N–H and O–H groups in total. The van der Waals surface area contributed by atoms with E-state index in [0.29, 0.717) is 0 Å². The zero-order valence-electron chi connectivity index (χ0n) is 6.08. The van der Waals surface area contributed by atoms with Crippen molar-refractivity contribution in [1.29, 1.82) is 0 Å². The molecular formula is C7H13F2Si. The van der Waals surface area contributed by atoms with Gasteiger partial charge in [-0.3, -0.25) is 0 Å². The van der Waals surface area contributed by atoms with E-state index < -0.39 is 15.0 Å². The third-order valence-electron chi connectivity index (χ3n) is 1.28. The molecule has 0 heterocycles. The van der Waals surface area contributed by atoms with E-state index in [9.17, 15) is 8.78 Å². The number of rotatable bonds is 5. The molecule has 0 aromatic carbocycles. The monoisotopic (exact) mass is 163 g/mol. The maximum Gasteiger partial charge on any atom is 0.113 e. The van der Waals surface area contributed by atoms with Crippen molar-refractivity contribution in [2.75, 3.05) is 0 Å². The van der Waals surface area contributed by atoms with Crippen molar-refractivity contribution in [2.45, 2.75) is 25.3 Å². The number of hydrogen-bond acceptors (Lipinski definition) is 0. The summed E-state index contributed by atoms with van der Waals surface area (Å²) in [5.74, 6) is 0. The summed E-state index contributed by atoms with van der Waals surface area (Å²) in [5, 5.41) is 0. The van der Waals surface area contributed by atoms with Crippen molar-refractivity contribution in [3.63, 3.8) is 0 Å². The van der Waals surface area contributed by atoms with Crippen molar-refractivity contribution in [3.8, 4) is 0 Å². The van der Waals surface area contributed by atoms with Crippen molar-refractivity contribution in [2.24, 2.45) is 0 Å². The molecule has 0 saturated heterocycles. The molecule has 0 fully saturated rings. The molecule has 10 heavy (non-hydrogen) atoms. The molecule has 59 valence electrons. The quantitative estimate of drug-likeness (QED) is 0.431. The summed E-state index contributed by atoms with van der Waals surface area (Å²) >= 11 is 0. The van der Waals surface area contributed by atoms with Crippen LogP contribution >= 0.6 is 0 Å². The lowest BCUT2D eigenvalue weighted by Crippen LogP contribution is -1.89. The van der Waals surface area contributed by atoms with Gasteiger partial charge in [-0.1, -0.05) is 32.2 Å². The van der Waals surface area contributed by atoms with Gasteiger partial charge in [-0.05, 0) is 0 Å². The first-order valence-electron chi connectivity index (χ1n) is 3.55. The lowest BCUT2D eigenvalue weighted by atomic mass is 10.3. The van der Waals surface area contributed by atoms with Gasteiger partial charge in [0.25, 0.3) is 0 Å². The molecule has 0 saturated carbocycles. The zero-order valence-corrected chi connectivity index (χ0v) is 7.49. The molecule has 0 rings (SSSR count). The van der Waals surface area contributed by atoms with Gasteiger partial charge < -0.3 is 0 Å². The van der Waals surface area contributed by atoms with Crippen LogP contribution in [-0.4, -0.2) is 9.52 Å². The number of halogens is 2. The second-order valence-electron chi connectivity index (χ2n) is 2.22. The van der Waals surface area contributed by atoms with Crippen LogP contribution in [0.5, 0.6) is 0 Å². The van der Waals surface area contributed by atoms with Crippen LogP contribution in [0.3, 0.4) is 0 Å². The maximum atomic E-state index is 12.1. The van der Waals surface area contributed by atoms with E-state index in [2.05, 4.69) is 6.92 Å². The summed E-state index contributed by atoms with van der Waals surface area (Å²) in [6.45, 7) is 3.66. The van der Waals surface area contributed by atoms with Crippen LogP contribution in [0, 0.1) is 6.92 Å². The Labute approximate surface area is 63.1 Å². The van der Waals surface area contributed by atoms with Gasteiger partial charge in [-0.2, -0.15) is 0 Å². The average molecular weight is 163 g/mol. The summed E-state index contributed by atoms with van der Waals surface area (Å²) in [6, 6.07) is 0.863. The van der Waals surface area contributed by atoms with E-state index in [-0.39, 0.29) is 6.33 Å². The summed E-state index contributed by atoms with van der Waals surface area (Å²) in [7, 11) is -0.893. The number of unbranched alkanes of at least 4 members (excludes halogenated alkanes) is 2. The molecule has 0 spiro atoms. The van der Waals surface area contributed by atoms with E-state index in [4.69, 9.17) is 0 Å². The summed E-state index contributed by atoms with van der Waals surface area (Å²) in [4.78, 5) is 0. The van der Waals surface area contributed by atoms with Gasteiger partial charge in [-0.15, -0.1) is 0 Å². The average Bonchev–Trinajstić information content (AvgIpc) is 1.98. The highest BCUT2D eigenvalue weighted by atomic mass is 28.2. The zero-order chi connectivity index (χ0) is 7.82. The maximum absolute atomic E-state index is 12.1. The van der Waals surface area contributed by atoms with E-state index >= 15 is 0 Å². The Morgan fingerprint density at radius 2 is 2.20 bits per heavy atom. The van der Waals surface area contributed by atoms with E-state index in [1.54, 1.807) is 0 Å². The second-order valence-corrected chi connectivity index (χ2v) is 4.10. The standard InChI is InChI=1S/C7H13F2Si/c1-2-3-4-5-10-7(9)6-8/h6H,1-5,10H2. The molecule has 0 amide bonds. The Morgan fingerprint density at radius 3 is 2.70 bits per heavy atom. The highest BCUT2D eigenvalue weighted by Gasteiger charge is 1.94. The molecule has 0 aliphatic heterocycles. The van der Waals surface area contributed by atoms with Crippen LogP contribution in [0.2, 0.25) is 6.04 Å². The highest BCUT2D eigenvalue weighted by molar-refractivity contribution is 6.44. The Kier molecular flexibility index (Phi) is 6.80. The van der Waals surface area contributed by atoms with Crippen LogP contribution in [0.4, 0.5) is 8.78 Å². The van der Waals surface area contributed by atoms with Gasteiger partial charge in [0.1, 0.15) is 11.8 Å². The van der Waals surface area contributed by atoms with E-state index in [0.717, 1.165) is 25.3 Å². The van der Waals surface area contributed by atoms with Crippen molar-refractivity contribution < 1.29 is 8.78 Å². The number of hydrogen-bond donors (Lipinski definition) is 0. The first-order chi connectivity index (χ1) is 4.81. The summed E-state index contributed by atoms with van der Waals surface area (Å²) in [6.07, 6.45) is 3.02. The summed E-state index contributed by atoms with van der Waals surface area (Å²) < 4.78 is 23.5. The minimum absolute atomic E-state index is 0.0937. The molecule has 0 aliphatic rings. The molecule has 0 aromatic rings. The van der Waals surface area contributed by atoms with E-state index in [1.165, 1.54) is 0 Å². The lowest BCUT2D eigenvalue weighted by molar-refractivity contribution is 0.622. The minimum atomic E-state index is -0.893. The third-order valence-corrected chi connectivity index (χ3v) is 2.77. The molecule has 0 aromatic heterocycles. The topological polar surface area (TPSA) is 0 Å². The van der Waals surface area contributed by atoms with Crippen LogP contribution in [0.15, 0.2) is 11.8 Å². The molecule has 3 heteroatoms. The Bertz CT molecular complexity index is 102. The molecule has 1 radical (unpaired) electrons. The molecule has 0 unspecified atom stereocenters. The molecule has 0 atom stereocenters. The van der Waals surface area contributed by atoms with Gasteiger partial charge >= 0.3 is 0 Å². The fourth-order valence-electron chi connectivity index (χ4n) is 0.702. The van der Waals surface area contributed by atoms with Gasteiger partial charge in [0, 0.05) is 0 Å².